The molecule has 0 aromatic rings. The fraction of sp³-hybridized carbons (Fsp3) is 0.882. The molecule has 0 spiro atoms. The standard InChI is InChI=1S/C17H33NO3.Na/c1-3-4-5-6-7-8-9-10-11-13-17(20)18-14-12-15-21-16(2)19;/h3-15H2,1-2H3,(H,18,20);. The van der Waals surface area contributed by atoms with E-state index in [1.165, 1.54) is 51.9 Å². The number of nitrogens with one attached hydrogen (secondary N) is 1. The molecule has 0 aliphatic heterocycles. The number of esters is 1. The summed E-state index contributed by atoms with van der Waals surface area (Å²) in [5, 5.41) is 2.85. The summed E-state index contributed by atoms with van der Waals surface area (Å²) in [6.07, 6.45) is 12.7. The Kier molecular flexibility index (Phi) is 20.9. The van der Waals surface area contributed by atoms with Crippen molar-refractivity contribution < 1.29 is 14.3 Å². The fourth-order valence-electron chi connectivity index (χ4n) is 2.20. The van der Waals surface area contributed by atoms with Crippen LogP contribution in [0.5, 0.6) is 0 Å². The summed E-state index contributed by atoms with van der Waals surface area (Å²) in [6, 6.07) is 0. The molecule has 125 valence electrons. The van der Waals surface area contributed by atoms with E-state index in [9.17, 15) is 9.59 Å². The molecule has 0 aromatic heterocycles. The van der Waals surface area contributed by atoms with Gasteiger partial charge in [-0.15, -0.1) is 0 Å². The molecule has 4 nitrogen and oxygen atoms in total. The molecule has 1 N–H and O–H groups in total. The van der Waals surface area contributed by atoms with Crippen molar-refractivity contribution >= 4 is 41.4 Å². The van der Waals surface area contributed by atoms with E-state index in [0.717, 1.165) is 12.8 Å². The second-order valence-electron chi connectivity index (χ2n) is 5.62. The molecule has 0 aliphatic rings. The first kappa shape index (κ1) is 24.2. The first-order valence-electron chi connectivity index (χ1n) is 8.57. The van der Waals surface area contributed by atoms with Crippen LogP contribution in [0, 0.1) is 0 Å². The normalized spacial score (nSPS) is 9.91. The fourth-order valence-corrected chi connectivity index (χ4v) is 2.20. The van der Waals surface area contributed by atoms with Crippen molar-refractivity contribution in [1.29, 1.82) is 0 Å². The van der Waals surface area contributed by atoms with Gasteiger partial charge in [0.25, 0.3) is 0 Å². The van der Waals surface area contributed by atoms with Crippen LogP contribution in [0.1, 0.15) is 84.5 Å². The average Bonchev–Trinajstić information content (AvgIpc) is 2.45. The Labute approximate surface area is 158 Å². The van der Waals surface area contributed by atoms with Crippen molar-refractivity contribution in [2.45, 2.75) is 84.5 Å². The predicted molar refractivity (Wildman–Crippen MR) is 91.9 cm³/mol. The smallest absolute Gasteiger partial charge is 0.302 e. The van der Waals surface area contributed by atoms with Crippen LogP contribution in [0.3, 0.4) is 0 Å². The number of unbranched alkanes of at least 4 members (excludes halogenated alkanes) is 8. The van der Waals surface area contributed by atoms with Gasteiger partial charge < -0.3 is 10.1 Å². The Morgan fingerprint density at radius 2 is 1.41 bits per heavy atom. The maximum atomic E-state index is 11.5. The predicted octanol–water partition coefficient (Wildman–Crippen LogP) is 3.60. The van der Waals surface area contributed by atoms with E-state index < -0.39 is 0 Å². The van der Waals surface area contributed by atoms with Gasteiger partial charge in [0.15, 0.2) is 0 Å². The minimum Gasteiger partial charge on any atom is -0.466 e. The molecule has 0 saturated heterocycles. The van der Waals surface area contributed by atoms with Crippen molar-refractivity contribution in [2.24, 2.45) is 0 Å². The summed E-state index contributed by atoms with van der Waals surface area (Å²) in [5.41, 5.74) is 0. The molecule has 1 amide bonds. The minimum atomic E-state index is -0.268. The number of hydrogen-bond acceptors (Lipinski definition) is 3. The number of hydrogen-bond donors (Lipinski definition) is 1. The van der Waals surface area contributed by atoms with Crippen LogP contribution in [0.2, 0.25) is 0 Å². The SMILES string of the molecule is CCCCCCCCCCCC(=O)NCCCOC(C)=O.[Na]. The van der Waals surface area contributed by atoms with Gasteiger partial charge in [-0.2, -0.15) is 0 Å². The Morgan fingerprint density at radius 3 is 1.95 bits per heavy atom. The quantitative estimate of drug-likeness (QED) is 0.302. The van der Waals surface area contributed by atoms with E-state index in [1.54, 1.807) is 0 Å². The van der Waals surface area contributed by atoms with Crippen LogP contribution >= 0.6 is 0 Å². The van der Waals surface area contributed by atoms with Gasteiger partial charge in [0.2, 0.25) is 5.91 Å². The molecular weight excluding hydrogens is 289 g/mol. The number of ether oxygens (including phenoxy) is 1. The maximum Gasteiger partial charge on any atom is 0.302 e. The van der Waals surface area contributed by atoms with E-state index in [-0.39, 0.29) is 41.4 Å². The van der Waals surface area contributed by atoms with Gasteiger partial charge in [-0.3, -0.25) is 9.59 Å². The van der Waals surface area contributed by atoms with Crippen molar-refractivity contribution in [3.05, 3.63) is 0 Å². The molecule has 5 heteroatoms. The second kappa shape index (κ2) is 19.0. The van der Waals surface area contributed by atoms with E-state index in [2.05, 4.69) is 12.2 Å². The molecular formula is C17H33NNaO3. The summed E-state index contributed by atoms with van der Waals surface area (Å²) in [6.45, 7) is 4.60. The van der Waals surface area contributed by atoms with Gasteiger partial charge in [0, 0.05) is 49.4 Å². The average molecular weight is 322 g/mol. The maximum absolute atomic E-state index is 11.5. The number of carbonyl (C=O) groups excluding carboxylic acids is 2. The van der Waals surface area contributed by atoms with Crippen LogP contribution in [0.15, 0.2) is 0 Å². The molecule has 0 bridgehead atoms. The number of carbonyl (C=O) groups is 2. The van der Waals surface area contributed by atoms with Crippen LogP contribution in [-0.2, 0) is 14.3 Å². The second-order valence-corrected chi connectivity index (χ2v) is 5.62. The molecule has 0 aromatic carbocycles. The van der Waals surface area contributed by atoms with Gasteiger partial charge in [0.1, 0.15) is 0 Å². The third-order valence-corrected chi connectivity index (χ3v) is 3.46. The Bertz CT molecular complexity index is 273. The van der Waals surface area contributed by atoms with Crippen LogP contribution in [0.25, 0.3) is 0 Å². The summed E-state index contributed by atoms with van der Waals surface area (Å²) < 4.78 is 4.79. The summed E-state index contributed by atoms with van der Waals surface area (Å²) in [7, 11) is 0. The van der Waals surface area contributed by atoms with Gasteiger partial charge in [0.05, 0.1) is 6.61 Å². The molecule has 0 aliphatic carbocycles. The zero-order valence-corrected chi connectivity index (χ0v) is 16.9. The van der Waals surface area contributed by atoms with Crippen LogP contribution < -0.4 is 5.32 Å². The molecule has 1 radical (unpaired) electrons. The first-order chi connectivity index (χ1) is 10.2. The van der Waals surface area contributed by atoms with Crippen molar-refractivity contribution in [2.75, 3.05) is 13.2 Å². The zero-order chi connectivity index (χ0) is 15.8. The van der Waals surface area contributed by atoms with Gasteiger partial charge in [-0.1, -0.05) is 58.3 Å². The topological polar surface area (TPSA) is 55.4 Å². The van der Waals surface area contributed by atoms with Crippen LogP contribution in [0.4, 0.5) is 0 Å². The van der Waals surface area contributed by atoms with Crippen molar-refractivity contribution in [3.63, 3.8) is 0 Å². The Morgan fingerprint density at radius 1 is 0.864 bits per heavy atom. The van der Waals surface area contributed by atoms with Gasteiger partial charge in [-0.25, -0.2) is 0 Å². The van der Waals surface area contributed by atoms with Crippen molar-refractivity contribution in [3.8, 4) is 0 Å². The van der Waals surface area contributed by atoms with Gasteiger partial charge in [-0.05, 0) is 12.8 Å². The van der Waals surface area contributed by atoms with E-state index in [4.69, 9.17) is 4.74 Å². The Balaban J connectivity index is 0. The minimum absolute atomic E-state index is 0. The molecule has 0 saturated carbocycles. The number of rotatable bonds is 14. The van der Waals surface area contributed by atoms with Crippen LogP contribution in [-0.4, -0.2) is 54.6 Å². The monoisotopic (exact) mass is 322 g/mol. The summed E-state index contributed by atoms with van der Waals surface area (Å²) >= 11 is 0. The molecule has 22 heavy (non-hydrogen) atoms. The zero-order valence-electron chi connectivity index (χ0n) is 14.9. The summed E-state index contributed by atoms with van der Waals surface area (Å²) in [5.74, 6) is -0.156. The van der Waals surface area contributed by atoms with E-state index in [1.807, 2.05) is 0 Å². The van der Waals surface area contributed by atoms with E-state index >= 15 is 0 Å². The summed E-state index contributed by atoms with van der Waals surface area (Å²) in [4.78, 5) is 22.1. The molecule has 0 rings (SSSR count). The van der Waals surface area contributed by atoms with E-state index in [0.29, 0.717) is 26.0 Å². The third kappa shape index (κ3) is 19.9. The third-order valence-electron chi connectivity index (χ3n) is 3.46. The van der Waals surface area contributed by atoms with Crippen molar-refractivity contribution in [1.82, 2.24) is 5.32 Å². The van der Waals surface area contributed by atoms with Gasteiger partial charge >= 0.3 is 5.97 Å². The molecule has 0 fully saturated rings. The molecule has 0 unspecified atom stereocenters. The largest absolute Gasteiger partial charge is 0.466 e. The Hall–Kier alpha value is -0.0600. The first-order valence-corrected chi connectivity index (χ1v) is 8.57. The number of amides is 1. The molecule has 0 atom stereocenters. The molecule has 0 heterocycles.